The molecule has 0 aromatic heterocycles. The second kappa shape index (κ2) is 19.2. The highest BCUT2D eigenvalue weighted by Crippen LogP contribution is 2.66. The van der Waals surface area contributed by atoms with Crippen LogP contribution in [0.15, 0.2) is 249 Å². The highest BCUT2D eigenvalue weighted by molar-refractivity contribution is 5.95. The third-order valence-corrected chi connectivity index (χ3v) is 20.0. The third-order valence-electron chi connectivity index (χ3n) is 20.0. The summed E-state index contributed by atoms with van der Waals surface area (Å²) in [5.74, 6) is 4.70. The second-order valence-electron chi connectivity index (χ2n) is 24.2. The van der Waals surface area contributed by atoms with Crippen molar-refractivity contribution < 1.29 is 9.47 Å². The molecule has 2 heterocycles. The largest absolute Gasteiger partial charge is 0.457 e. The minimum absolute atomic E-state index is 0.547. The summed E-state index contributed by atoms with van der Waals surface area (Å²) in [4.78, 5) is 2.55. The van der Waals surface area contributed by atoms with Gasteiger partial charge in [0.1, 0.15) is 23.0 Å². The molecule has 0 amide bonds. The molecule has 3 heteroatoms. The van der Waals surface area contributed by atoms with Gasteiger partial charge in [-0.25, -0.2) is 0 Å². The lowest BCUT2D eigenvalue weighted by Crippen LogP contribution is -2.33. The van der Waals surface area contributed by atoms with Gasteiger partial charge in [0.15, 0.2) is 0 Å². The molecule has 0 unspecified atom stereocenters. The van der Waals surface area contributed by atoms with Crippen molar-refractivity contribution in [1.82, 2.24) is 0 Å². The van der Waals surface area contributed by atoms with Gasteiger partial charge in [-0.05, 0) is 164 Å². The van der Waals surface area contributed by atoms with E-state index in [0.717, 1.165) is 62.3 Å². The fourth-order valence-corrected chi connectivity index (χ4v) is 16.3. The number of para-hydroxylation sites is 4. The Morgan fingerprint density at radius 1 is 0.277 bits per heavy atom. The molecule has 0 radical (unpaired) electrons. The van der Waals surface area contributed by atoms with Crippen molar-refractivity contribution in [3.63, 3.8) is 0 Å². The topological polar surface area (TPSA) is 21.7 Å². The predicted molar refractivity (Wildman–Crippen MR) is 338 cm³/mol. The van der Waals surface area contributed by atoms with Gasteiger partial charge in [0, 0.05) is 39.2 Å². The van der Waals surface area contributed by atoms with E-state index in [1.54, 1.807) is 0 Å². The molecule has 2 spiro atoms. The van der Waals surface area contributed by atoms with Crippen molar-refractivity contribution >= 4 is 17.1 Å². The van der Waals surface area contributed by atoms with Gasteiger partial charge in [-0.2, -0.15) is 0 Å². The molecule has 2 aliphatic heterocycles. The summed E-state index contributed by atoms with van der Waals surface area (Å²) in [5, 5.41) is 0. The van der Waals surface area contributed by atoms with E-state index in [4.69, 9.17) is 9.47 Å². The Balaban J connectivity index is 0.933. The van der Waals surface area contributed by atoms with Crippen molar-refractivity contribution in [3.8, 4) is 67.5 Å². The molecule has 2 saturated carbocycles. The van der Waals surface area contributed by atoms with E-state index in [9.17, 15) is 0 Å². The summed E-state index contributed by atoms with van der Waals surface area (Å²) in [5.41, 5.74) is 24.7. The Hall–Kier alpha value is -9.18. The first kappa shape index (κ1) is 48.5. The van der Waals surface area contributed by atoms with Gasteiger partial charge >= 0.3 is 0 Å². The number of benzene rings is 11. The van der Waals surface area contributed by atoms with Gasteiger partial charge in [0.2, 0.25) is 0 Å². The number of hydrogen-bond donors (Lipinski definition) is 0. The van der Waals surface area contributed by atoms with Gasteiger partial charge in [0.05, 0.1) is 16.5 Å². The number of nitrogens with zero attached hydrogens (tertiary/aromatic N) is 1. The van der Waals surface area contributed by atoms with Crippen LogP contribution >= 0.6 is 0 Å². The van der Waals surface area contributed by atoms with E-state index in [-0.39, 0.29) is 0 Å². The molecular formula is C80H63NO2. The lowest BCUT2D eigenvalue weighted by Gasteiger charge is -2.41. The number of rotatable bonds is 7. The van der Waals surface area contributed by atoms with Crippen molar-refractivity contribution in [3.05, 3.63) is 304 Å². The van der Waals surface area contributed by atoms with Gasteiger partial charge in [-0.3, -0.25) is 0 Å². The number of hydrogen-bond acceptors (Lipinski definition) is 3. The molecule has 3 nitrogen and oxygen atoms in total. The molecule has 83 heavy (non-hydrogen) atoms. The molecule has 2 fully saturated rings. The molecule has 0 atom stereocenters. The lowest BCUT2D eigenvalue weighted by atomic mass is 9.65. The molecule has 11 aromatic carbocycles. The van der Waals surface area contributed by atoms with Crippen LogP contribution < -0.4 is 14.4 Å². The summed E-state index contributed by atoms with van der Waals surface area (Å²) in [6.07, 6.45) is 12.8. The summed E-state index contributed by atoms with van der Waals surface area (Å²) >= 11 is 0. The van der Waals surface area contributed by atoms with Crippen LogP contribution in [-0.4, -0.2) is 0 Å². The van der Waals surface area contributed by atoms with Crippen LogP contribution in [0, 0.1) is 0 Å². The van der Waals surface area contributed by atoms with E-state index in [2.05, 4.69) is 254 Å². The molecule has 11 aromatic rings. The standard InChI is InChI=1S/C80H63NO2/c1-4-20-52(21-5-1)55-36-38-56(39-37-55)61-26-11-16-32-74(61)81(59-42-46-65-62-27-10-12-28-66(62)79(72(65)50-59)67-29-13-17-33-75(67)82-76-34-18-14-30-68(76)79)60-43-47-78-73(51-60)80(69-31-15-19-35-77(69)83-78)70-48-57(53-22-6-2-7-23-53)40-44-63(70)64-45-41-58(49-71(64)80)54-24-8-3-9-25-54/h1,4-5,10-21,26-51,53-54H,2-3,6-9,22-25H2. The monoisotopic (exact) mass is 1070 g/mol. The zero-order valence-electron chi connectivity index (χ0n) is 46.7. The van der Waals surface area contributed by atoms with Crippen LogP contribution in [0.4, 0.5) is 17.1 Å². The number of anilines is 3. The van der Waals surface area contributed by atoms with Crippen LogP contribution in [0.2, 0.25) is 0 Å². The lowest BCUT2D eigenvalue weighted by molar-refractivity contribution is 0.433. The maximum atomic E-state index is 7.28. The van der Waals surface area contributed by atoms with E-state index < -0.39 is 10.8 Å². The summed E-state index contributed by atoms with van der Waals surface area (Å²) in [6, 6.07) is 94.0. The fraction of sp³-hybridized carbons (Fsp3) is 0.175. The molecule has 400 valence electrons. The van der Waals surface area contributed by atoms with Gasteiger partial charge < -0.3 is 14.4 Å². The minimum atomic E-state index is -0.655. The average Bonchev–Trinajstić information content (AvgIpc) is 1.65. The van der Waals surface area contributed by atoms with Crippen LogP contribution in [0.1, 0.15) is 132 Å². The first-order valence-electron chi connectivity index (χ1n) is 30.5. The Bertz CT molecular complexity index is 4250. The average molecular weight is 1070 g/mol. The molecule has 17 rings (SSSR count). The van der Waals surface area contributed by atoms with Gasteiger partial charge in [0.25, 0.3) is 0 Å². The molecule has 0 saturated heterocycles. The molecular weight excluding hydrogens is 1010 g/mol. The SMILES string of the molecule is c1ccc(-c2ccc(-c3ccccc3N(c3ccc4c(c3)C3(c5ccccc5O4)c4cc(C5CCCCC5)ccc4-c4ccc(C5CCCCC5)cc43)c3ccc4c(c3)C3(c5ccccc5Oc5ccccc53)c3ccccc3-4)cc2)cc1. The number of ether oxygens (including phenoxy) is 2. The van der Waals surface area contributed by atoms with Crippen molar-refractivity contribution in [2.45, 2.75) is 86.9 Å². The Labute approximate surface area is 487 Å². The fourth-order valence-electron chi connectivity index (χ4n) is 16.3. The highest BCUT2D eigenvalue weighted by Gasteiger charge is 2.53. The highest BCUT2D eigenvalue weighted by atomic mass is 16.5. The Morgan fingerprint density at radius 3 is 1.25 bits per heavy atom. The third kappa shape index (κ3) is 7.29. The van der Waals surface area contributed by atoms with Crippen molar-refractivity contribution in [2.24, 2.45) is 0 Å². The van der Waals surface area contributed by atoms with Crippen molar-refractivity contribution in [2.75, 3.05) is 4.90 Å². The number of fused-ring (bicyclic) bond motifs is 18. The molecule has 4 aliphatic carbocycles. The van der Waals surface area contributed by atoms with Crippen LogP contribution in [0.25, 0.3) is 44.5 Å². The van der Waals surface area contributed by atoms with E-state index in [1.807, 2.05) is 0 Å². The second-order valence-corrected chi connectivity index (χ2v) is 24.2. The van der Waals surface area contributed by atoms with Crippen LogP contribution in [0.5, 0.6) is 23.0 Å². The zero-order chi connectivity index (χ0) is 54.6. The van der Waals surface area contributed by atoms with E-state index in [0.29, 0.717) is 11.8 Å². The minimum Gasteiger partial charge on any atom is -0.457 e. The maximum absolute atomic E-state index is 7.28. The van der Waals surface area contributed by atoms with E-state index in [1.165, 1.54) is 142 Å². The normalized spacial score (nSPS) is 16.5. The van der Waals surface area contributed by atoms with Crippen molar-refractivity contribution in [1.29, 1.82) is 0 Å². The summed E-state index contributed by atoms with van der Waals surface area (Å²) < 4.78 is 14.1. The first-order chi connectivity index (χ1) is 41.1. The summed E-state index contributed by atoms with van der Waals surface area (Å²) in [7, 11) is 0. The summed E-state index contributed by atoms with van der Waals surface area (Å²) in [6.45, 7) is 0. The van der Waals surface area contributed by atoms with Crippen LogP contribution in [0.3, 0.4) is 0 Å². The quantitative estimate of drug-likeness (QED) is 0.159. The smallest absolute Gasteiger partial charge is 0.132 e. The Morgan fingerprint density at radius 2 is 0.675 bits per heavy atom. The zero-order valence-corrected chi connectivity index (χ0v) is 46.7. The molecule has 0 bridgehead atoms. The first-order valence-corrected chi connectivity index (χ1v) is 30.5. The molecule has 6 aliphatic rings. The molecule has 0 N–H and O–H groups in total. The maximum Gasteiger partial charge on any atom is 0.132 e. The van der Waals surface area contributed by atoms with Gasteiger partial charge in [-0.1, -0.05) is 233 Å². The predicted octanol–water partition coefficient (Wildman–Crippen LogP) is 21.5. The van der Waals surface area contributed by atoms with Crippen LogP contribution in [-0.2, 0) is 10.8 Å². The van der Waals surface area contributed by atoms with Gasteiger partial charge in [-0.15, -0.1) is 0 Å². The Kier molecular flexibility index (Phi) is 11.2. The van der Waals surface area contributed by atoms with E-state index >= 15 is 0 Å².